The molecule has 0 aliphatic carbocycles. The van der Waals surface area contributed by atoms with Crippen LogP contribution >= 0.6 is 23.2 Å². The first kappa shape index (κ1) is 13.0. The predicted octanol–water partition coefficient (Wildman–Crippen LogP) is 3.29. The first-order chi connectivity index (χ1) is 7.43. The van der Waals surface area contributed by atoms with Crippen LogP contribution in [0.2, 0.25) is 10.0 Å². The molecular weight excluding hydrogens is 251 g/mol. The van der Waals surface area contributed by atoms with Crippen LogP contribution in [0.25, 0.3) is 0 Å². The Morgan fingerprint density at radius 2 is 2.00 bits per heavy atom. The molecule has 1 aromatic rings. The molecule has 0 bridgehead atoms. The molecule has 1 unspecified atom stereocenters. The zero-order valence-electron chi connectivity index (χ0n) is 8.54. The van der Waals surface area contributed by atoms with E-state index in [9.17, 15) is 9.59 Å². The molecule has 1 atom stereocenters. The number of rotatable bonds is 4. The van der Waals surface area contributed by atoms with Crippen molar-refractivity contribution in [3.8, 4) is 0 Å². The first-order valence-electron chi connectivity index (χ1n) is 4.63. The molecule has 0 spiro atoms. The summed E-state index contributed by atoms with van der Waals surface area (Å²) in [5.41, 5.74) is 0.267. The minimum Gasteiger partial charge on any atom is -0.481 e. The van der Waals surface area contributed by atoms with Gasteiger partial charge in [0.2, 0.25) is 0 Å². The molecule has 1 aromatic carbocycles. The van der Waals surface area contributed by atoms with Crippen LogP contribution in [0.1, 0.15) is 23.7 Å². The van der Waals surface area contributed by atoms with Crippen LogP contribution in [-0.2, 0) is 4.79 Å². The monoisotopic (exact) mass is 260 g/mol. The molecule has 0 aliphatic heterocycles. The lowest BCUT2D eigenvalue weighted by molar-refractivity contribution is -0.137. The lowest BCUT2D eigenvalue weighted by atomic mass is 9.96. The second kappa shape index (κ2) is 5.32. The average Bonchev–Trinajstić information content (AvgIpc) is 2.20. The fourth-order valence-corrected chi connectivity index (χ4v) is 1.71. The number of halogens is 2. The number of Topliss-reactive ketones (excluding diaryl/α,β-unsaturated/α-hetero) is 1. The molecule has 0 aromatic heterocycles. The van der Waals surface area contributed by atoms with E-state index in [0.717, 1.165) is 0 Å². The molecule has 0 saturated carbocycles. The van der Waals surface area contributed by atoms with Gasteiger partial charge in [0.15, 0.2) is 5.78 Å². The molecule has 86 valence electrons. The maximum absolute atomic E-state index is 11.8. The summed E-state index contributed by atoms with van der Waals surface area (Å²) in [4.78, 5) is 22.3. The van der Waals surface area contributed by atoms with Gasteiger partial charge in [-0.05, 0) is 12.1 Å². The molecule has 1 N–H and O–H groups in total. The number of aliphatic carboxylic acids is 1. The summed E-state index contributed by atoms with van der Waals surface area (Å²) >= 11 is 11.6. The first-order valence-corrected chi connectivity index (χ1v) is 5.39. The van der Waals surface area contributed by atoms with Crippen LogP contribution in [0.3, 0.4) is 0 Å². The van der Waals surface area contributed by atoms with Crippen LogP contribution in [0.4, 0.5) is 0 Å². The van der Waals surface area contributed by atoms with Crippen LogP contribution in [0, 0.1) is 5.92 Å². The lowest BCUT2D eigenvalue weighted by Gasteiger charge is -2.09. The van der Waals surface area contributed by atoms with Crippen LogP contribution in [0.5, 0.6) is 0 Å². The summed E-state index contributed by atoms with van der Waals surface area (Å²) in [6.07, 6.45) is -0.221. The molecule has 0 saturated heterocycles. The van der Waals surface area contributed by atoms with Gasteiger partial charge >= 0.3 is 5.97 Å². The third-order valence-electron chi connectivity index (χ3n) is 2.15. The summed E-state index contributed by atoms with van der Waals surface area (Å²) in [5, 5.41) is 9.05. The third kappa shape index (κ3) is 2.97. The standard InChI is InChI=1S/C11H10Cl2O3/c1-6(5-9(14)15)11(16)7-3-2-4-8(12)10(7)13/h2-4,6H,5H2,1H3,(H,14,15). The van der Waals surface area contributed by atoms with E-state index in [1.165, 1.54) is 6.07 Å². The second-order valence-electron chi connectivity index (χ2n) is 3.46. The quantitative estimate of drug-likeness (QED) is 0.846. The van der Waals surface area contributed by atoms with Crippen molar-refractivity contribution in [1.82, 2.24) is 0 Å². The number of hydrogen-bond acceptors (Lipinski definition) is 2. The SMILES string of the molecule is CC(CC(=O)O)C(=O)c1cccc(Cl)c1Cl. The van der Waals surface area contributed by atoms with Gasteiger partial charge in [-0.15, -0.1) is 0 Å². The third-order valence-corrected chi connectivity index (χ3v) is 2.96. The van der Waals surface area contributed by atoms with Crippen LogP contribution in [0.15, 0.2) is 18.2 Å². The molecule has 0 amide bonds. The fourth-order valence-electron chi connectivity index (χ4n) is 1.31. The Kier molecular flexibility index (Phi) is 4.33. The summed E-state index contributed by atoms with van der Waals surface area (Å²) in [6.45, 7) is 1.55. The van der Waals surface area contributed by atoms with Crippen molar-refractivity contribution < 1.29 is 14.7 Å². The van der Waals surface area contributed by atoms with Gasteiger partial charge in [0.05, 0.1) is 16.5 Å². The van der Waals surface area contributed by atoms with Crippen LogP contribution < -0.4 is 0 Å². The van der Waals surface area contributed by atoms with Crippen molar-refractivity contribution in [1.29, 1.82) is 0 Å². The maximum atomic E-state index is 11.8. The number of benzene rings is 1. The number of carbonyl (C=O) groups excluding carboxylic acids is 1. The minimum atomic E-state index is -1.01. The van der Waals surface area contributed by atoms with Crippen molar-refractivity contribution in [3.63, 3.8) is 0 Å². The number of carboxylic acids is 1. The van der Waals surface area contributed by atoms with Gasteiger partial charge in [-0.25, -0.2) is 0 Å². The molecule has 0 aliphatic rings. The normalized spacial score (nSPS) is 12.2. The highest BCUT2D eigenvalue weighted by Gasteiger charge is 2.21. The fraction of sp³-hybridized carbons (Fsp3) is 0.273. The van der Waals surface area contributed by atoms with E-state index in [4.69, 9.17) is 28.3 Å². The van der Waals surface area contributed by atoms with E-state index in [2.05, 4.69) is 0 Å². The second-order valence-corrected chi connectivity index (χ2v) is 4.25. The topological polar surface area (TPSA) is 54.4 Å². The molecule has 3 nitrogen and oxygen atoms in total. The van der Waals surface area contributed by atoms with Crippen molar-refractivity contribution in [3.05, 3.63) is 33.8 Å². The highest BCUT2D eigenvalue weighted by molar-refractivity contribution is 6.44. The summed E-state index contributed by atoms with van der Waals surface area (Å²) < 4.78 is 0. The zero-order chi connectivity index (χ0) is 12.3. The largest absolute Gasteiger partial charge is 0.481 e. The highest BCUT2D eigenvalue weighted by atomic mass is 35.5. The minimum absolute atomic E-state index is 0.173. The lowest BCUT2D eigenvalue weighted by Crippen LogP contribution is -2.15. The maximum Gasteiger partial charge on any atom is 0.304 e. The van der Waals surface area contributed by atoms with Crippen molar-refractivity contribution in [2.24, 2.45) is 5.92 Å². The summed E-state index contributed by atoms with van der Waals surface area (Å²) in [7, 11) is 0. The molecule has 0 fully saturated rings. The van der Waals surface area contributed by atoms with E-state index in [-0.39, 0.29) is 27.8 Å². The highest BCUT2D eigenvalue weighted by Crippen LogP contribution is 2.27. The zero-order valence-corrected chi connectivity index (χ0v) is 10.0. The Bertz CT molecular complexity index is 429. The molecule has 5 heteroatoms. The van der Waals surface area contributed by atoms with Gasteiger partial charge in [-0.1, -0.05) is 36.2 Å². The smallest absolute Gasteiger partial charge is 0.304 e. The van der Waals surface area contributed by atoms with Gasteiger partial charge in [0, 0.05) is 11.5 Å². The predicted molar refractivity (Wildman–Crippen MR) is 62.2 cm³/mol. The van der Waals surface area contributed by atoms with Crippen molar-refractivity contribution in [2.75, 3.05) is 0 Å². The summed E-state index contributed by atoms with van der Waals surface area (Å²) in [5.74, 6) is -1.94. The van der Waals surface area contributed by atoms with E-state index in [1.54, 1.807) is 19.1 Å². The number of ketones is 1. The van der Waals surface area contributed by atoms with Gasteiger partial charge in [-0.3, -0.25) is 9.59 Å². The average molecular weight is 261 g/mol. The van der Waals surface area contributed by atoms with E-state index in [0.29, 0.717) is 0 Å². The molecular formula is C11H10Cl2O3. The summed E-state index contributed by atoms with van der Waals surface area (Å²) in [6, 6.07) is 4.71. The van der Waals surface area contributed by atoms with E-state index in [1.807, 2.05) is 0 Å². The Hall–Kier alpha value is -1.06. The van der Waals surface area contributed by atoms with E-state index < -0.39 is 11.9 Å². The Morgan fingerprint density at radius 3 is 2.56 bits per heavy atom. The van der Waals surface area contributed by atoms with Gasteiger partial charge in [0.25, 0.3) is 0 Å². The number of carboxylic acid groups (broad SMARTS) is 1. The molecule has 0 radical (unpaired) electrons. The Labute approximate surface area is 103 Å². The number of hydrogen-bond donors (Lipinski definition) is 1. The van der Waals surface area contributed by atoms with Crippen molar-refractivity contribution >= 4 is 35.0 Å². The molecule has 16 heavy (non-hydrogen) atoms. The molecule has 0 heterocycles. The van der Waals surface area contributed by atoms with Gasteiger partial charge in [0.1, 0.15) is 0 Å². The van der Waals surface area contributed by atoms with Crippen LogP contribution in [-0.4, -0.2) is 16.9 Å². The molecule has 1 rings (SSSR count). The van der Waals surface area contributed by atoms with Gasteiger partial charge in [-0.2, -0.15) is 0 Å². The Morgan fingerprint density at radius 1 is 1.38 bits per heavy atom. The Balaban J connectivity index is 2.96. The van der Waals surface area contributed by atoms with Crippen molar-refractivity contribution in [2.45, 2.75) is 13.3 Å². The number of carbonyl (C=O) groups is 2. The van der Waals surface area contributed by atoms with Gasteiger partial charge < -0.3 is 5.11 Å². The van der Waals surface area contributed by atoms with E-state index >= 15 is 0 Å².